The van der Waals surface area contributed by atoms with E-state index in [4.69, 9.17) is 16.3 Å². The first-order valence-electron chi connectivity index (χ1n) is 4.42. The summed E-state index contributed by atoms with van der Waals surface area (Å²) in [6.07, 6.45) is 2.06. The fourth-order valence-electron chi connectivity index (χ4n) is 0.968. The van der Waals surface area contributed by atoms with Gasteiger partial charge in [-0.05, 0) is 33.2 Å². The van der Waals surface area contributed by atoms with Gasteiger partial charge in [-0.15, -0.1) is 11.6 Å². The summed E-state index contributed by atoms with van der Waals surface area (Å²) in [5.41, 5.74) is 0.162. The molecular formula is C9H20ClNO. The minimum Gasteiger partial charge on any atom is -0.385 e. The third kappa shape index (κ3) is 6.89. The van der Waals surface area contributed by atoms with Gasteiger partial charge in [0, 0.05) is 25.1 Å². The van der Waals surface area contributed by atoms with Crippen LogP contribution in [0.2, 0.25) is 0 Å². The fraction of sp³-hybridized carbons (Fsp3) is 1.00. The topological polar surface area (TPSA) is 21.3 Å². The fourth-order valence-corrected chi connectivity index (χ4v) is 1.44. The molecule has 0 atom stereocenters. The molecule has 74 valence electrons. The van der Waals surface area contributed by atoms with Crippen LogP contribution in [0.5, 0.6) is 0 Å². The van der Waals surface area contributed by atoms with E-state index >= 15 is 0 Å². The Kier molecular flexibility index (Phi) is 6.81. The zero-order valence-electron chi connectivity index (χ0n) is 8.32. The van der Waals surface area contributed by atoms with Crippen molar-refractivity contribution in [2.75, 3.05) is 26.1 Å². The van der Waals surface area contributed by atoms with Crippen LogP contribution >= 0.6 is 11.6 Å². The van der Waals surface area contributed by atoms with Crippen LogP contribution in [0, 0.1) is 0 Å². The standard InChI is InChI=1S/C9H20ClNO/c1-9(2,5-6-10)11-7-4-8-12-3/h11H,4-8H2,1-3H3. The smallest absolute Gasteiger partial charge is 0.0474 e. The van der Waals surface area contributed by atoms with Gasteiger partial charge in [-0.2, -0.15) is 0 Å². The van der Waals surface area contributed by atoms with Crippen molar-refractivity contribution >= 4 is 11.6 Å². The zero-order chi connectivity index (χ0) is 9.45. The van der Waals surface area contributed by atoms with Crippen LogP contribution in [-0.2, 0) is 4.74 Å². The zero-order valence-corrected chi connectivity index (χ0v) is 9.08. The third-order valence-corrected chi connectivity index (χ3v) is 2.04. The van der Waals surface area contributed by atoms with Gasteiger partial charge in [0.1, 0.15) is 0 Å². The predicted molar refractivity (Wildman–Crippen MR) is 53.9 cm³/mol. The van der Waals surface area contributed by atoms with E-state index in [-0.39, 0.29) is 5.54 Å². The number of alkyl halides is 1. The molecule has 2 nitrogen and oxygen atoms in total. The lowest BCUT2D eigenvalue weighted by Gasteiger charge is -2.25. The van der Waals surface area contributed by atoms with Gasteiger partial charge < -0.3 is 10.1 Å². The van der Waals surface area contributed by atoms with Crippen molar-refractivity contribution in [2.45, 2.75) is 32.2 Å². The molecule has 0 aliphatic rings. The summed E-state index contributed by atoms with van der Waals surface area (Å²) in [5, 5.41) is 3.43. The second-order valence-electron chi connectivity index (χ2n) is 3.60. The van der Waals surface area contributed by atoms with Gasteiger partial charge in [-0.3, -0.25) is 0 Å². The average molecular weight is 194 g/mol. The van der Waals surface area contributed by atoms with Crippen LogP contribution in [0.25, 0.3) is 0 Å². The lowest BCUT2D eigenvalue weighted by molar-refractivity contribution is 0.190. The van der Waals surface area contributed by atoms with Crippen molar-refractivity contribution in [2.24, 2.45) is 0 Å². The molecule has 0 aliphatic heterocycles. The van der Waals surface area contributed by atoms with Crippen LogP contribution in [0.3, 0.4) is 0 Å². The Morgan fingerprint density at radius 2 is 2.08 bits per heavy atom. The summed E-state index contributed by atoms with van der Waals surface area (Å²) >= 11 is 5.66. The second-order valence-corrected chi connectivity index (χ2v) is 3.97. The highest BCUT2D eigenvalue weighted by atomic mass is 35.5. The molecule has 0 heterocycles. The number of hydrogen-bond acceptors (Lipinski definition) is 2. The molecule has 0 spiro atoms. The minimum atomic E-state index is 0.162. The van der Waals surface area contributed by atoms with Crippen LogP contribution in [-0.4, -0.2) is 31.7 Å². The van der Waals surface area contributed by atoms with Crippen LogP contribution in [0.1, 0.15) is 26.7 Å². The molecule has 0 aromatic rings. The quantitative estimate of drug-likeness (QED) is 0.494. The first-order chi connectivity index (χ1) is 5.62. The average Bonchev–Trinajstić information content (AvgIpc) is 1.98. The van der Waals surface area contributed by atoms with E-state index in [0.717, 1.165) is 26.0 Å². The molecule has 0 saturated heterocycles. The summed E-state index contributed by atoms with van der Waals surface area (Å²) < 4.78 is 4.95. The predicted octanol–water partition coefficient (Wildman–Crippen LogP) is 2.02. The number of nitrogens with one attached hydrogen (secondary N) is 1. The van der Waals surface area contributed by atoms with Crippen molar-refractivity contribution in [3.05, 3.63) is 0 Å². The maximum atomic E-state index is 5.66. The molecule has 0 amide bonds. The van der Waals surface area contributed by atoms with Gasteiger partial charge >= 0.3 is 0 Å². The van der Waals surface area contributed by atoms with Crippen molar-refractivity contribution < 1.29 is 4.74 Å². The van der Waals surface area contributed by atoms with Crippen molar-refractivity contribution in [1.29, 1.82) is 0 Å². The Bertz CT molecular complexity index is 107. The molecule has 0 aromatic heterocycles. The van der Waals surface area contributed by atoms with E-state index in [1.54, 1.807) is 7.11 Å². The highest BCUT2D eigenvalue weighted by Gasteiger charge is 2.14. The number of halogens is 1. The maximum absolute atomic E-state index is 5.66. The molecule has 0 bridgehead atoms. The molecular weight excluding hydrogens is 174 g/mol. The Balaban J connectivity index is 3.33. The summed E-state index contributed by atoms with van der Waals surface area (Å²) in [6.45, 7) is 6.16. The first kappa shape index (κ1) is 12.2. The van der Waals surface area contributed by atoms with E-state index in [9.17, 15) is 0 Å². The molecule has 0 fully saturated rings. The van der Waals surface area contributed by atoms with Gasteiger partial charge in [0.15, 0.2) is 0 Å². The van der Waals surface area contributed by atoms with E-state index in [2.05, 4.69) is 19.2 Å². The summed E-state index contributed by atoms with van der Waals surface area (Å²) in [5.74, 6) is 0.713. The SMILES string of the molecule is COCCCNC(C)(C)CCCl. The van der Waals surface area contributed by atoms with E-state index in [1.165, 1.54) is 0 Å². The summed E-state index contributed by atoms with van der Waals surface area (Å²) in [6, 6.07) is 0. The van der Waals surface area contributed by atoms with Crippen molar-refractivity contribution in [3.63, 3.8) is 0 Å². The lowest BCUT2D eigenvalue weighted by Crippen LogP contribution is -2.40. The Hall–Kier alpha value is 0.210. The highest BCUT2D eigenvalue weighted by molar-refractivity contribution is 6.17. The molecule has 0 aliphatic carbocycles. The Morgan fingerprint density at radius 3 is 2.58 bits per heavy atom. The Labute approximate surface area is 80.6 Å². The van der Waals surface area contributed by atoms with Gasteiger partial charge in [0.25, 0.3) is 0 Å². The van der Waals surface area contributed by atoms with Gasteiger partial charge in [0.2, 0.25) is 0 Å². The molecule has 12 heavy (non-hydrogen) atoms. The first-order valence-corrected chi connectivity index (χ1v) is 4.96. The normalized spacial score (nSPS) is 12.0. The molecule has 0 radical (unpaired) electrons. The van der Waals surface area contributed by atoms with Crippen LogP contribution in [0.4, 0.5) is 0 Å². The molecule has 0 saturated carbocycles. The van der Waals surface area contributed by atoms with Crippen LogP contribution < -0.4 is 5.32 Å². The number of ether oxygens (including phenoxy) is 1. The summed E-state index contributed by atoms with van der Waals surface area (Å²) in [7, 11) is 1.73. The van der Waals surface area contributed by atoms with Gasteiger partial charge in [-0.1, -0.05) is 0 Å². The van der Waals surface area contributed by atoms with Crippen molar-refractivity contribution in [1.82, 2.24) is 5.32 Å². The Morgan fingerprint density at radius 1 is 1.42 bits per heavy atom. The second kappa shape index (κ2) is 6.70. The molecule has 0 rings (SSSR count). The summed E-state index contributed by atoms with van der Waals surface area (Å²) in [4.78, 5) is 0. The number of rotatable bonds is 7. The third-order valence-electron chi connectivity index (χ3n) is 1.85. The van der Waals surface area contributed by atoms with Gasteiger partial charge in [0.05, 0.1) is 0 Å². The van der Waals surface area contributed by atoms with Crippen molar-refractivity contribution in [3.8, 4) is 0 Å². The molecule has 3 heteroatoms. The molecule has 1 N–H and O–H groups in total. The minimum absolute atomic E-state index is 0.162. The van der Waals surface area contributed by atoms with Crippen LogP contribution in [0.15, 0.2) is 0 Å². The van der Waals surface area contributed by atoms with E-state index in [0.29, 0.717) is 5.88 Å². The number of methoxy groups -OCH3 is 1. The van der Waals surface area contributed by atoms with E-state index in [1.807, 2.05) is 0 Å². The lowest BCUT2D eigenvalue weighted by atomic mass is 10.0. The maximum Gasteiger partial charge on any atom is 0.0474 e. The van der Waals surface area contributed by atoms with Gasteiger partial charge in [-0.25, -0.2) is 0 Å². The monoisotopic (exact) mass is 193 g/mol. The largest absolute Gasteiger partial charge is 0.385 e. The molecule has 0 unspecified atom stereocenters. The molecule has 0 aromatic carbocycles. The highest BCUT2D eigenvalue weighted by Crippen LogP contribution is 2.08. The number of hydrogen-bond donors (Lipinski definition) is 1. The van der Waals surface area contributed by atoms with E-state index < -0.39 is 0 Å².